The van der Waals surface area contributed by atoms with Crippen molar-refractivity contribution >= 4 is 23.5 Å². The number of thiazole rings is 1. The highest BCUT2D eigenvalue weighted by atomic mass is 32.1. The van der Waals surface area contributed by atoms with Crippen molar-refractivity contribution in [1.82, 2.24) is 20.5 Å². The van der Waals surface area contributed by atoms with Gasteiger partial charge in [-0.1, -0.05) is 58.9 Å². The van der Waals surface area contributed by atoms with E-state index in [4.69, 9.17) is 0 Å². The average Bonchev–Trinajstić information content (AvgIpc) is 3.44. The largest absolute Gasteiger partial charge is 0.332 e. The van der Waals surface area contributed by atoms with Crippen LogP contribution < -0.4 is 10.6 Å². The molecule has 0 radical (unpaired) electrons. The number of nitrogens with zero attached hydrogens (tertiary/aromatic N) is 2. The number of hydrogen-bond donors (Lipinski definition) is 2. The molecule has 7 heteroatoms. The van der Waals surface area contributed by atoms with E-state index in [2.05, 4.69) is 39.9 Å². The lowest BCUT2D eigenvalue weighted by Gasteiger charge is -2.33. The first-order valence-electron chi connectivity index (χ1n) is 11.8. The van der Waals surface area contributed by atoms with Gasteiger partial charge in [-0.05, 0) is 50.4 Å². The highest BCUT2D eigenvalue weighted by Crippen LogP contribution is 2.27. The van der Waals surface area contributed by atoms with Gasteiger partial charge in [-0.15, -0.1) is 11.3 Å². The summed E-state index contributed by atoms with van der Waals surface area (Å²) >= 11 is 1.70. The summed E-state index contributed by atoms with van der Waals surface area (Å²) in [5.74, 6) is 0.0459. The first-order valence-corrected chi connectivity index (χ1v) is 12.7. The van der Waals surface area contributed by atoms with Crippen LogP contribution in [0.3, 0.4) is 0 Å². The summed E-state index contributed by atoms with van der Waals surface area (Å²) in [6.07, 6.45) is 2.62. The molecule has 0 aliphatic carbocycles. The second-order valence-electron chi connectivity index (χ2n) is 8.96. The highest BCUT2D eigenvalue weighted by Gasteiger charge is 2.37. The van der Waals surface area contributed by atoms with Crippen LogP contribution >= 0.6 is 11.3 Å². The van der Waals surface area contributed by atoms with E-state index in [1.165, 1.54) is 16.0 Å². The van der Waals surface area contributed by atoms with Gasteiger partial charge in [0.05, 0.1) is 28.2 Å². The quantitative estimate of drug-likeness (QED) is 0.595. The number of nitrogens with one attached hydrogen (secondary N) is 2. The van der Waals surface area contributed by atoms with Crippen LogP contribution in [0.15, 0.2) is 29.8 Å². The summed E-state index contributed by atoms with van der Waals surface area (Å²) in [5.41, 5.74) is 5.44. The fourth-order valence-corrected chi connectivity index (χ4v) is 4.67. The van der Waals surface area contributed by atoms with E-state index < -0.39 is 0 Å². The molecular weight excluding hydrogens is 432 g/mol. The molecule has 1 aliphatic heterocycles. The number of rotatable bonds is 6. The normalized spacial score (nSPS) is 16.2. The minimum absolute atomic E-state index is 0.0459. The number of likely N-dealkylation sites (N-methyl/N-ethyl adjacent to an activating group) is 1. The van der Waals surface area contributed by atoms with Crippen molar-refractivity contribution in [3.8, 4) is 10.4 Å². The summed E-state index contributed by atoms with van der Waals surface area (Å²) in [5, 5.41) is 6.20. The van der Waals surface area contributed by atoms with E-state index in [0.29, 0.717) is 6.54 Å². The number of aryl methyl sites for hydroxylation is 1. The van der Waals surface area contributed by atoms with Gasteiger partial charge < -0.3 is 20.3 Å². The van der Waals surface area contributed by atoms with Crippen LogP contribution in [0.25, 0.3) is 10.4 Å². The van der Waals surface area contributed by atoms with Crippen molar-refractivity contribution in [1.29, 1.82) is 0 Å². The number of carbonyl (C=O) groups is 2. The summed E-state index contributed by atoms with van der Waals surface area (Å²) < 4.78 is 0. The summed E-state index contributed by atoms with van der Waals surface area (Å²) in [6.45, 7) is 13.7. The molecule has 184 valence electrons. The molecule has 0 bridgehead atoms. The number of hydrogen-bond acceptors (Lipinski definition) is 6. The topological polar surface area (TPSA) is 74.3 Å². The Morgan fingerprint density at radius 3 is 2.33 bits per heavy atom. The van der Waals surface area contributed by atoms with Crippen molar-refractivity contribution < 1.29 is 9.59 Å². The van der Waals surface area contributed by atoms with Crippen molar-refractivity contribution in [2.45, 2.75) is 73.0 Å². The first-order chi connectivity index (χ1) is 15.7. The lowest BCUT2D eigenvalue weighted by atomic mass is 9.86. The zero-order valence-corrected chi connectivity index (χ0v) is 22.4. The fourth-order valence-electron chi connectivity index (χ4n) is 3.86. The van der Waals surface area contributed by atoms with Gasteiger partial charge in [-0.3, -0.25) is 4.79 Å². The second-order valence-corrected chi connectivity index (χ2v) is 9.81. The minimum Gasteiger partial charge on any atom is -0.332 e. The third kappa shape index (κ3) is 8.32. The van der Waals surface area contributed by atoms with Crippen LogP contribution in [0.4, 0.5) is 0 Å². The number of aldehydes is 1. The van der Waals surface area contributed by atoms with Crippen molar-refractivity contribution in [3.63, 3.8) is 0 Å². The van der Waals surface area contributed by atoms with Crippen LogP contribution in [0.2, 0.25) is 0 Å². The Hall–Kier alpha value is -2.09. The van der Waals surface area contributed by atoms with Gasteiger partial charge in [0.25, 0.3) is 0 Å². The zero-order valence-electron chi connectivity index (χ0n) is 21.6. The van der Waals surface area contributed by atoms with Crippen LogP contribution in [0.5, 0.6) is 0 Å². The Kier molecular flexibility index (Phi) is 12.5. The van der Waals surface area contributed by atoms with Crippen molar-refractivity contribution in [3.05, 3.63) is 41.0 Å². The molecule has 1 saturated heterocycles. The number of amides is 1. The van der Waals surface area contributed by atoms with Gasteiger partial charge in [0, 0.05) is 13.1 Å². The molecule has 1 amide bonds. The monoisotopic (exact) mass is 474 g/mol. The predicted octanol–water partition coefficient (Wildman–Crippen LogP) is 4.67. The number of likely N-dealkylation sites (tertiary alicyclic amines) is 1. The van der Waals surface area contributed by atoms with E-state index >= 15 is 0 Å². The molecule has 2 heterocycles. The van der Waals surface area contributed by atoms with E-state index in [1.807, 2.05) is 54.1 Å². The molecule has 0 spiro atoms. The SMILES string of the molecule is CC.CNC(C(=O)N1CCC[C@H]1C=O)C(C)(C)C.CNCc1ccc(-c2scnc2C)cc1. The molecular formula is C26H42N4O2S. The Bertz CT molecular complexity index is 843. The van der Waals surface area contributed by atoms with Gasteiger partial charge in [0.15, 0.2) is 0 Å². The maximum atomic E-state index is 12.3. The lowest BCUT2D eigenvalue weighted by molar-refractivity contribution is -0.138. The zero-order chi connectivity index (χ0) is 25.0. The molecule has 1 aromatic carbocycles. The molecule has 1 aliphatic rings. The third-order valence-electron chi connectivity index (χ3n) is 5.48. The molecule has 2 N–H and O–H groups in total. The smallest absolute Gasteiger partial charge is 0.240 e. The lowest BCUT2D eigenvalue weighted by Crippen LogP contribution is -2.53. The van der Waals surface area contributed by atoms with Crippen LogP contribution in [0.1, 0.15) is 58.7 Å². The van der Waals surface area contributed by atoms with Gasteiger partial charge in [0.2, 0.25) is 5.91 Å². The van der Waals surface area contributed by atoms with Crippen LogP contribution in [-0.4, -0.2) is 54.8 Å². The van der Waals surface area contributed by atoms with E-state index in [0.717, 1.165) is 31.4 Å². The average molecular weight is 475 g/mol. The van der Waals surface area contributed by atoms with Crippen LogP contribution in [-0.2, 0) is 16.1 Å². The maximum Gasteiger partial charge on any atom is 0.240 e. The third-order valence-corrected chi connectivity index (χ3v) is 6.46. The van der Waals surface area contributed by atoms with E-state index in [9.17, 15) is 9.59 Å². The number of carbonyl (C=O) groups excluding carboxylic acids is 2. The molecule has 3 rings (SSSR count). The van der Waals surface area contributed by atoms with E-state index in [1.54, 1.807) is 23.3 Å². The fraction of sp³-hybridized carbons (Fsp3) is 0.577. The van der Waals surface area contributed by atoms with Gasteiger partial charge in [-0.2, -0.15) is 0 Å². The molecule has 33 heavy (non-hydrogen) atoms. The van der Waals surface area contributed by atoms with Crippen molar-refractivity contribution in [2.75, 3.05) is 20.6 Å². The minimum atomic E-state index is -0.229. The van der Waals surface area contributed by atoms with Crippen LogP contribution in [0, 0.1) is 12.3 Å². The Balaban J connectivity index is 0.000000307. The molecule has 1 aromatic heterocycles. The van der Waals surface area contributed by atoms with Crippen molar-refractivity contribution in [2.24, 2.45) is 5.41 Å². The second kappa shape index (κ2) is 14.2. The number of aromatic nitrogens is 1. The maximum absolute atomic E-state index is 12.3. The summed E-state index contributed by atoms with van der Waals surface area (Å²) in [7, 11) is 3.75. The molecule has 0 saturated carbocycles. The Morgan fingerprint density at radius 2 is 1.88 bits per heavy atom. The summed E-state index contributed by atoms with van der Waals surface area (Å²) in [6, 6.07) is 8.19. The Morgan fingerprint density at radius 1 is 1.24 bits per heavy atom. The standard InChI is InChI=1S/C12H22N2O2.C12H14N2S.C2H6/c1-12(2,3)10(13-4)11(16)14-7-5-6-9(14)8-15;1-9-12(15-8-14-9)11-5-3-10(4-6-11)7-13-2;1-2/h8-10,13H,5-7H2,1-4H3;3-6,8,13H,7H2,1-2H3;1-2H3/t9-,10?;;/m0../s1. The predicted molar refractivity (Wildman–Crippen MR) is 140 cm³/mol. The van der Waals surface area contributed by atoms with E-state index in [-0.39, 0.29) is 23.4 Å². The van der Waals surface area contributed by atoms with Gasteiger partial charge >= 0.3 is 0 Å². The molecule has 2 aromatic rings. The molecule has 1 fully saturated rings. The molecule has 6 nitrogen and oxygen atoms in total. The molecule has 1 unspecified atom stereocenters. The Labute approximate surface area is 204 Å². The summed E-state index contributed by atoms with van der Waals surface area (Å²) in [4.78, 5) is 30.4. The number of benzene rings is 1. The first kappa shape index (κ1) is 28.9. The van der Waals surface area contributed by atoms with Gasteiger partial charge in [0.1, 0.15) is 6.29 Å². The van der Waals surface area contributed by atoms with Gasteiger partial charge in [-0.25, -0.2) is 4.98 Å². The highest BCUT2D eigenvalue weighted by molar-refractivity contribution is 7.13. The molecule has 2 atom stereocenters.